The number of amides is 2. The summed E-state index contributed by atoms with van der Waals surface area (Å²) >= 11 is 18.2. The van der Waals surface area contributed by atoms with Crippen LogP contribution in [-0.2, 0) is 16.1 Å². The summed E-state index contributed by atoms with van der Waals surface area (Å²) in [5.41, 5.74) is -0.579. The molecule has 3 N–H and O–H groups in total. The fourth-order valence-corrected chi connectivity index (χ4v) is 2.83. The molecule has 1 aromatic carbocycles. The van der Waals surface area contributed by atoms with Gasteiger partial charge in [0.2, 0.25) is 5.95 Å². The van der Waals surface area contributed by atoms with Crippen LogP contribution in [0, 0.1) is 5.41 Å². The summed E-state index contributed by atoms with van der Waals surface area (Å²) in [6.07, 6.45) is 0. The molecule has 27 heavy (non-hydrogen) atoms. The number of likely N-dealkylation sites (N-methyl/N-ethyl adjacent to an activating group) is 1. The van der Waals surface area contributed by atoms with Crippen LogP contribution >= 0.6 is 34.8 Å². The summed E-state index contributed by atoms with van der Waals surface area (Å²) in [5.74, 6) is -1.47. The molecule has 0 fully saturated rings. The lowest BCUT2D eigenvalue weighted by molar-refractivity contribution is -0.115. The maximum absolute atomic E-state index is 12.4. The van der Waals surface area contributed by atoms with Crippen LogP contribution in [0.2, 0.25) is 10.0 Å². The summed E-state index contributed by atoms with van der Waals surface area (Å²) in [4.78, 5) is 24.7. The van der Waals surface area contributed by atoms with Crippen LogP contribution in [-0.4, -0.2) is 44.8 Å². The van der Waals surface area contributed by atoms with Crippen molar-refractivity contribution in [1.29, 1.82) is 5.41 Å². The molecule has 0 unspecified atom stereocenters. The fraction of sp³-hybridized carbons (Fsp3) is 0.200. The minimum Gasteiger partial charge on any atom is -0.355 e. The average molecular weight is 431 g/mol. The Hall–Kier alpha value is -2.49. The number of hydrogen-bond donors (Lipinski definition) is 3. The Labute approximate surface area is 169 Å². The van der Waals surface area contributed by atoms with E-state index in [0.717, 1.165) is 0 Å². The molecule has 2 rings (SSSR count). The van der Waals surface area contributed by atoms with Gasteiger partial charge in [-0.25, -0.2) is 4.68 Å². The van der Waals surface area contributed by atoms with Gasteiger partial charge in [-0.3, -0.25) is 20.3 Å². The number of aryl methyl sites for hydroxylation is 1. The van der Waals surface area contributed by atoms with Gasteiger partial charge >= 0.3 is 0 Å². The highest BCUT2D eigenvalue weighted by molar-refractivity contribution is 6.64. The monoisotopic (exact) mass is 429 g/mol. The third kappa shape index (κ3) is 4.62. The van der Waals surface area contributed by atoms with E-state index >= 15 is 0 Å². The van der Waals surface area contributed by atoms with Gasteiger partial charge in [-0.1, -0.05) is 46.0 Å². The predicted molar refractivity (Wildman–Crippen MR) is 103 cm³/mol. The molecular weight excluding hydrogens is 417 g/mol. The zero-order chi connectivity index (χ0) is 20.1. The Bertz CT molecular complexity index is 939. The normalized spacial score (nSPS) is 11.6. The van der Waals surface area contributed by atoms with Crippen LogP contribution in [0.4, 0.5) is 5.95 Å². The minimum absolute atomic E-state index is 0.0442. The van der Waals surface area contributed by atoms with Crippen LogP contribution < -0.4 is 10.6 Å². The predicted octanol–water partition coefficient (Wildman–Crippen LogP) is 2.35. The molecule has 0 bridgehead atoms. The Balaban J connectivity index is 2.43. The molecule has 0 aliphatic carbocycles. The average Bonchev–Trinajstić information content (AvgIpc) is 3.09. The smallest absolute Gasteiger partial charge is 0.277 e. The number of carbonyl (C=O) groups excluding carboxylic acids is 2. The van der Waals surface area contributed by atoms with E-state index in [1.807, 2.05) is 0 Å². The Morgan fingerprint density at radius 3 is 2.56 bits per heavy atom. The van der Waals surface area contributed by atoms with E-state index < -0.39 is 22.6 Å². The van der Waals surface area contributed by atoms with Crippen molar-refractivity contribution in [2.45, 2.75) is 13.5 Å². The number of hydrogen-bond acceptors (Lipinski definition) is 6. The molecule has 1 aromatic heterocycles. The first-order valence-electron chi connectivity index (χ1n) is 7.53. The first kappa shape index (κ1) is 20.8. The number of anilines is 1. The fourth-order valence-electron chi connectivity index (χ4n) is 2.05. The van der Waals surface area contributed by atoms with Gasteiger partial charge in [0, 0.05) is 24.2 Å². The molecule has 0 spiro atoms. The van der Waals surface area contributed by atoms with Gasteiger partial charge < -0.3 is 5.32 Å². The van der Waals surface area contributed by atoms with E-state index in [2.05, 4.69) is 26.2 Å². The van der Waals surface area contributed by atoms with Crippen LogP contribution in [0.1, 0.15) is 12.5 Å². The first-order valence-corrected chi connectivity index (χ1v) is 8.67. The van der Waals surface area contributed by atoms with E-state index in [4.69, 9.17) is 40.2 Å². The van der Waals surface area contributed by atoms with Crippen molar-refractivity contribution in [1.82, 2.24) is 25.5 Å². The Morgan fingerprint density at radius 1 is 1.26 bits per heavy atom. The van der Waals surface area contributed by atoms with Gasteiger partial charge in [-0.15, -0.1) is 0 Å². The number of halogens is 3. The molecule has 0 radical (unpaired) electrons. The third-order valence-electron chi connectivity index (χ3n) is 3.38. The van der Waals surface area contributed by atoms with Gasteiger partial charge in [0.15, 0.2) is 0 Å². The molecule has 2 amide bonds. The summed E-state index contributed by atoms with van der Waals surface area (Å²) in [5, 5.41) is 23.7. The van der Waals surface area contributed by atoms with Crippen LogP contribution in [0.5, 0.6) is 0 Å². The van der Waals surface area contributed by atoms with Crippen molar-refractivity contribution in [2.24, 2.45) is 0 Å². The molecule has 0 aliphatic heterocycles. The van der Waals surface area contributed by atoms with Crippen LogP contribution in [0.3, 0.4) is 0 Å². The van der Waals surface area contributed by atoms with Gasteiger partial charge in [-0.05, 0) is 29.5 Å². The summed E-state index contributed by atoms with van der Waals surface area (Å²) in [6, 6.07) is 4.40. The highest BCUT2D eigenvalue weighted by Gasteiger charge is 2.25. The Morgan fingerprint density at radius 2 is 1.96 bits per heavy atom. The number of benzene rings is 1. The lowest BCUT2D eigenvalue weighted by atomic mass is 10.0. The molecular formula is C15H14Cl3N7O2. The third-order valence-corrected chi connectivity index (χ3v) is 4.30. The molecule has 9 nitrogen and oxygen atoms in total. The van der Waals surface area contributed by atoms with Crippen LogP contribution in [0.25, 0.3) is 5.57 Å². The molecule has 142 valence electrons. The van der Waals surface area contributed by atoms with E-state index in [0.29, 0.717) is 11.6 Å². The standard InChI is InChI=1S/C15H14Cl3N7O2/c1-3-25-15(22-23-24-25)21-14(27)12(19)11(18)10(13(26)20-2)8-5-4-7(16)6-9(8)17/h4-6,19H,3H2,1-2H3,(H,20,26)(H,21,22,24,27)/b11-10+,19-12?. The molecule has 0 saturated carbocycles. The zero-order valence-electron chi connectivity index (χ0n) is 14.2. The minimum atomic E-state index is -0.893. The summed E-state index contributed by atoms with van der Waals surface area (Å²) < 4.78 is 1.32. The second kappa shape index (κ2) is 8.94. The lowest BCUT2D eigenvalue weighted by Gasteiger charge is -2.12. The van der Waals surface area contributed by atoms with Gasteiger partial charge in [0.25, 0.3) is 11.8 Å². The molecule has 0 aliphatic rings. The first-order chi connectivity index (χ1) is 12.8. The summed E-state index contributed by atoms with van der Waals surface area (Å²) in [7, 11) is 1.38. The number of rotatable bonds is 6. The highest BCUT2D eigenvalue weighted by Crippen LogP contribution is 2.31. The van der Waals surface area contributed by atoms with Gasteiger partial charge in [-0.2, -0.15) is 0 Å². The number of tetrazole rings is 1. The van der Waals surface area contributed by atoms with Crippen molar-refractivity contribution in [3.05, 3.63) is 38.8 Å². The SMILES string of the molecule is CCn1nnnc1NC(=O)C(=N)/C(Cl)=C(\C(=O)NC)c1ccc(Cl)cc1Cl. The van der Waals surface area contributed by atoms with E-state index in [1.165, 1.54) is 29.9 Å². The zero-order valence-corrected chi connectivity index (χ0v) is 16.4. The van der Waals surface area contributed by atoms with Crippen molar-refractivity contribution in [2.75, 3.05) is 12.4 Å². The van der Waals surface area contributed by atoms with Crippen molar-refractivity contribution >= 4 is 63.9 Å². The van der Waals surface area contributed by atoms with E-state index in [-0.39, 0.29) is 22.1 Å². The second-order valence-corrected chi connectivity index (χ2v) is 6.26. The van der Waals surface area contributed by atoms with Gasteiger partial charge in [0.05, 0.1) is 15.6 Å². The highest BCUT2D eigenvalue weighted by atomic mass is 35.5. The van der Waals surface area contributed by atoms with Crippen molar-refractivity contribution in [3.8, 4) is 0 Å². The molecule has 2 aromatic rings. The number of carbonyl (C=O) groups is 2. The largest absolute Gasteiger partial charge is 0.355 e. The molecule has 0 atom stereocenters. The van der Waals surface area contributed by atoms with Gasteiger partial charge in [0.1, 0.15) is 5.71 Å². The maximum atomic E-state index is 12.4. The topological polar surface area (TPSA) is 126 Å². The maximum Gasteiger partial charge on any atom is 0.277 e. The molecule has 12 heteroatoms. The number of nitrogens with zero attached hydrogens (tertiary/aromatic N) is 4. The number of aromatic nitrogens is 4. The molecule has 0 saturated heterocycles. The summed E-state index contributed by atoms with van der Waals surface area (Å²) in [6.45, 7) is 2.18. The second-order valence-electron chi connectivity index (χ2n) is 5.04. The lowest BCUT2D eigenvalue weighted by Crippen LogP contribution is -2.27. The van der Waals surface area contributed by atoms with Crippen molar-refractivity contribution < 1.29 is 9.59 Å². The quantitative estimate of drug-likeness (QED) is 0.479. The van der Waals surface area contributed by atoms with E-state index in [1.54, 1.807) is 6.92 Å². The van der Waals surface area contributed by atoms with E-state index in [9.17, 15) is 9.59 Å². The van der Waals surface area contributed by atoms with Crippen molar-refractivity contribution in [3.63, 3.8) is 0 Å². The molecule has 1 heterocycles. The Kier molecular flexibility index (Phi) is 6.89. The number of nitrogens with one attached hydrogen (secondary N) is 3. The van der Waals surface area contributed by atoms with Crippen LogP contribution in [0.15, 0.2) is 23.2 Å².